The van der Waals surface area contributed by atoms with Gasteiger partial charge in [-0.1, -0.05) is 18.2 Å². The number of anilines is 1. The van der Waals surface area contributed by atoms with Crippen LogP contribution >= 0.6 is 0 Å². The normalized spacial score (nSPS) is 20.3. The number of aromatic nitrogens is 1. The molecule has 0 amide bonds. The summed E-state index contributed by atoms with van der Waals surface area (Å²) in [6.07, 6.45) is 3.90. The molecule has 1 fully saturated rings. The lowest BCUT2D eigenvalue weighted by atomic mass is 9.94. The molecule has 1 N–H and O–H groups in total. The number of hydrogen-bond acceptors (Lipinski definition) is 7. The molecule has 2 aliphatic rings. The predicted octanol–water partition coefficient (Wildman–Crippen LogP) is 6.11. The maximum absolute atomic E-state index is 16.0. The SMILES string of the molecule is COCC(C)(C)Oc1cccc([C@H](CC(=O)OC(C)(C)C)CN2CC[C@@](F)(CCc3ccc4c(n3)NCCC4)C2)c1. The van der Waals surface area contributed by atoms with E-state index in [2.05, 4.69) is 16.3 Å². The van der Waals surface area contributed by atoms with Crippen molar-refractivity contribution in [1.29, 1.82) is 0 Å². The summed E-state index contributed by atoms with van der Waals surface area (Å²) in [5.74, 6) is 1.25. The first-order valence-corrected chi connectivity index (χ1v) is 15.0. The molecule has 2 aromatic rings. The van der Waals surface area contributed by atoms with E-state index in [0.29, 0.717) is 51.3 Å². The van der Waals surface area contributed by atoms with Crippen LogP contribution in [0.25, 0.3) is 0 Å². The smallest absolute Gasteiger partial charge is 0.306 e. The third-order valence-corrected chi connectivity index (χ3v) is 7.69. The van der Waals surface area contributed by atoms with Crippen LogP contribution in [-0.2, 0) is 27.1 Å². The molecule has 1 aromatic carbocycles. The van der Waals surface area contributed by atoms with Crippen molar-refractivity contribution in [3.63, 3.8) is 0 Å². The van der Waals surface area contributed by atoms with Gasteiger partial charge in [0.25, 0.3) is 0 Å². The number of nitrogens with one attached hydrogen (secondary N) is 1. The van der Waals surface area contributed by atoms with Crippen molar-refractivity contribution >= 4 is 11.8 Å². The number of carbonyl (C=O) groups excluding carboxylic acids is 1. The van der Waals surface area contributed by atoms with Crippen molar-refractivity contribution in [2.75, 3.05) is 45.2 Å². The molecule has 0 saturated carbocycles. The summed E-state index contributed by atoms with van der Waals surface area (Å²) in [7, 11) is 1.65. The van der Waals surface area contributed by atoms with E-state index in [9.17, 15) is 4.79 Å². The van der Waals surface area contributed by atoms with Crippen molar-refractivity contribution < 1.29 is 23.4 Å². The van der Waals surface area contributed by atoms with Crippen LogP contribution < -0.4 is 10.1 Å². The second-order valence-electron chi connectivity index (χ2n) is 13.3. The Bertz CT molecular complexity index is 1180. The lowest BCUT2D eigenvalue weighted by molar-refractivity contribution is -0.155. The first-order chi connectivity index (χ1) is 19.3. The predicted molar refractivity (Wildman–Crippen MR) is 160 cm³/mol. The van der Waals surface area contributed by atoms with Crippen LogP contribution in [-0.4, -0.2) is 72.6 Å². The van der Waals surface area contributed by atoms with E-state index in [-0.39, 0.29) is 18.3 Å². The number of halogens is 1. The fourth-order valence-corrected chi connectivity index (χ4v) is 5.85. The molecule has 0 bridgehead atoms. The second-order valence-corrected chi connectivity index (χ2v) is 13.3. The first kappa shape index (κ1) is 31.2. The minimum absolute atomic E-state index is 0.158. The fraction of sp³-hybridized carbons (Fsp3) is 0.636. The molecule has 1 aromatic heterocycles. The summed E-state index contributed by atoms with van der Waals surface area (Å²) >= 11 is 0. The van der Waals surface area contributed by atoms with Crippen LogP contribution in [0.3, 0.4) is 0 Å². The third kappa shape index (κ3) is 9.40. The van der Waals surface area contributed by atoms with Crippen LogP contribution in [0.1, 0.15) is 83.0 Å². The lowest BCUT2D eigenvalue weighted by Crippen LogP contribution is -2.34. The van der Waals surface area contributed by atoms with Crippen LogP contribution in [0.15, 0.2) is 36.4 Å². The largest absolute Gasteiger partial charge is 0.485 e. The molecule has 8 heteroatoms. The number of esters is 1. The van der Waals surface area contributed by atoms with E-state index >= 15 is 4.39 Å². The molecule has 226 valence electrons. The van der Waals surface area contributed by atoms with Gasteiger partial charge in [-0.3, -0.25) is 9.69 Å². The highest BCUT2D eigenvalue weighted by atomic mass is 19.1. The van der Waals surface area contributed by atoms with Crippen LogP contribution in [0, 0.1) is 0 Å². The highest BCUT2D eigenvalue weighted by molar-refractivity contribution is 5.71. The molecular weight excluding hydrogens is 521 g/mol. The number of alkyl halides is 1. The molecular formula is C33H48FN3O4. The number of ether oxygens (including phenoxy) is 3. The van der Waals surface area contributed by atoms with Gasteiger partial charge in [-0.2, -0.15) is 0 Å². The summed E-state index contributed by atoms with van der Waals surface area (Å²) in [5, 5.41) is 3.37. The number of pyridine rings is 1. The topological polar surface area (TPSA) is 72.9 Å². The Balaban J connectivity index is 1.43. The summed E-state index contributed by atoms with van der Waals surface area (Å²) in [4.78, 5) is 19.8. The summed E-state index contributed by atoms with van der Waals surface area (Å²) in [6.45, 7) is 12.5. The molecule has 2 aliphatic heterocycles. The molecule has 0 radical (unpaired) electrons. The number of nitrogens with zero attached hydrogens (tertiary/aromatic N) is 2. The van der Waals surface area contributed by atoms with Crippen LogP contribution in [0.4, 0.5) is 10.2 Å². The molecule has 41 heavy (non-hydrogen) atoms. The number of carbonyl (C=O) groups is 1. The first-order valence-electron chi connectivity index (χ1n) is 15.0. The standard InChI is InChI=1S/C33H48FN3O4/c1-31(2,3)41-29(38)20-26(25-9-7-11-28(19-25)40-32(4,5)23-39-6)21-37-18-16-33(34,22-37)15-14-27-13-12-24-10-8-17-35-30(24)36-27/h7,9,11-13,19,26H,8,10,14-18,20-23H2,1-6H3,(H,35,36)/t26-,33+/m1/s1. The number of rotatable bonds is 12. The van der Waals surface area contributed by atoms with Crippen molar-refractivity contribution in [1.82, 2.24) is 9.88 Å². The van der Waals surface area contributed by atoms with Gasteiger partial charge in [-0.05, 0) is 96.0 Å². The summed E-state index contributed by atoms with van der Waals surface area (Å²) < 4.78 is 33.2. The zero-order chi connectivity index (χ0) is 29.7. The Hall–Kier alpha value is -2.71. The van der Waals surface area contributed by atoms with E-state index in [1.54, 1.807) is 7.11 Å². The van der Waals surface area contributed by atoms with Crippen molar-refractivity contribution in [2.45, 2.75) is 95.9 Å². The fourth-order valence-electron chi connectivity index (χ4n) is 5.85. The molecule has 4 rings (SSSR count). The molecule has 0 aliphatic carbocycles. The van der Waals surface area contributed by atoms with E-state index in [1.807, 2.05) is 65.0 Å². The van der Waals surface area contributed by atoms with Gasteiger partial charge in [-0.25, -0.2) is 9.37 Å². The highest BCUT2D eigenvalue weighted by Gasteiger charge is 2.39. The maximum Gasteiger partial charge on any atom is 0.306 e. The number of hydrogen-bond donors (Lipinski definition) is 1. The van der Waals surface area contributed by atoms with E-state index in [0.717, 1.165) is 36.5 Å². The van der Waals surface area contributed by atoms with Crippen LogP contribution in [0.5, 0.6) is 5.75 Å². The van der Waals surface area contributed by atoms with Crippen molar-refractivity contribution in [2.24, 2.45) is 0 Å². The minimum atomic E-state index is -1.28. The Labute approximate surface area is 245 Å². The highest BCUT2D eigenvalue weighted by Crippen LogP contribution is 2.34. The molecule has 3 heterocycles. The number of aryl methyl sites for hydroxylation is 2. The van der Waals surface area contributed by atoms with Crippen molar-refractivity contribution in [3.05, 3.63) is 53.2 Å². The molecule has 7 nitrogen and oxygen atoms in total. The molecule has 1 saturated heterocycles. The Morgan fingerprint density at radius 2 is 2.00 bits per heavy atom. The van der Waals surface area contributed by atoms with Gasteiger partial charge in [0.2, 0.25) is 0 Å². The number of fused-ring (bicyclic) bond motifs is 1. The van der Waals surface area contributed by atoms with E-state index < -0.39 is 16.9 Å². The number of benzene rings is 1. The zero-order valence-corrected chi connectivity index (χ0v) is 25.7. The zero-order valence-electron chi connectivity index (χ0n) is 25.7. The van der Waals surface area contributed by atoms with E-state index in [1.165, 1.54) is 5.56 Å². The third-order valence-electron chi connectivity index (χ3n) is 7.69. The van der Waals surface area contributed by atoms with Gasteiger partial charge in [0.15, 0.2) is 0 Å². The molecule has 0 spiro atoms. The van der Waals surface area contributed by atoms with Gasteiger partial charge in [0.05, 0.1) is 13.0 Å². The summed E-state index contributed by atoms with van der Waals surface area (Å²) in [6, 6.07) is 12.0. The Morgan fingerprint density at radius 3 is 2.76 bits per heavy atom. The van der Waals surface area contributed by atoms with E-state index in [4.69, 9.17) is 19.2 Å². The van der Waals surface area contributed by atoms with Gasteiger partial charge >= 0.3 is 5.97 Å². The molecule has 0 unspecified atom stereocenters. The van der Waals surface area contributed by atoms with Crippen LogP contribution in [0.2, 0.25) is 0 Å². The maximum atomic E-state index is 16.0. The Kier molecular flexibility index (Phi) is 9.96. The average Bonchev–Trinajstić information content (AvgIpc) is 3.26. The average molecular weight is 570 g/mol. The number of likely N-dealkylation sites (tertiary alicyclic amines) is 1. The number of methoxy groups -OCH3 is 1. The van der Waals surface area contributed by atoms with Gasteiger partial charge < -0.3 is 19.5 Å². The molecule has 2 atom stereocenters. The van der Waals surface area contributed by atoms with Gasteiger partial charge in [0, 0.05) is 44.9 Å². The summed E-state index contributed by atoms with van der Waals surface area (Å²) in [5.41, 5.74) is 0.804. The monoisotopic (exact) mass is 569 g/mol. The lowest BCUT2D eigenvalue weighted by Gasteiger charge is -2.28. The van der Waals surface area contributed by atoms with Crippen molar-refractivity contribution in [3.8, 4) is 5.75 Å². The second kappa shape index (κ2) is 13.1. The quantitative estimate of drug-likeness (QED) is 0.310. The van der Waals surface area contributed by atoms with Gasteiger partial charge in [0.1, 0.15) is 28.4 Å². The minimum Gasteiger partial charge on any atom is -0.485 e. The Morgan fingerprint density at radius 1 is 1.20 bits per heavy atom. The van der Waals surface area contributed by atoms with Gasteiger partial charge in [-0.15, -0.1) is 0 Å².